The van der Waals surface area contributed by atoms with Gasteiger partial charge < -0.3 is 20.9 Å². The summed E-state index contributed by atoms with van der Waals surface area (Å²) < 4.78 is 0. The fraction of sp³-hybridized carbons (Fsp3) is 0.571. The molecule has 0 bridgehead atoms. The molecule has 2 rings (SSSR count). The average molecular weight is 423 g/mol. The quantitative estimate of drug-likeness (QED) is 0.624. The van der Waals surface area contributed by atoms with Crippen LogP contribution in [-0.4, -0.2) is 48.4 Å². The van der Waals surface area contributed by atoms with Crippen LogP contribution >= 0.6 is 11.6 Å². The number of hydrogen-bond acceptors (Lipinski definition) is 3. The fourth-order valence-corrected chi connectivity index (χ4v) is 3.71. The van der Waals surface area contributed by atoms with E-state index in [0.717, 1.165) is 25.7 Å². The molecule has 0 saturated heterocycles. The molecular formula is C21H31ClN4O3. The van der Waals surface area contributed by atoms with E-state index in [1.165, 1.54) is 6.42 Å². The number of hydrogen-bond donors (Lipinski definition) is 3. The Kier molecular flexibility index (Phi) is 8.76. The second kappa shape index (κ2) is 11.0. The SMILES string of the molecule is CC(C)NC(=O)CCNC(=O)Nc1ccc(C(=O)N(C)C2CCCCC2)c(Cl)c1. The minimum atomic E-state index is -0.434. The molecule has 0 unspecified atom stereocenters. The second-order valence-corrected chi connectivity index (χ2v) is 8.16. The van der Waals surface area contributed by atoms with Crippen molar-refractivity contribution in [3.8, 4) is 0 Å². The van der Waals surface area contributed by atoms with Gasteiger partial charge >= 0.3 is 6.03 Å². The Balaban J connectivity index is 1.87. The van der Waals surface area contributed by atoms with Crippen molar-refractivity contribution in [2.75, 3.05) is 18.9 Å². The van der Waals surface area contributed by atoms with Gasteiger partial charge in [0, 0.05) is 37.8 Å². The summed E-state index contributed by atoms with van der Waals surface area (Å²) >= 11 is 6.31. The molecule has 0 heterocycles. The van der Waals surface area contributed by atoms with E-state index in [1.54, 1.807) is 23.1 Å². The van der Waals surface area contributed by atoms with E-state index in [4.69, 9.17) is 11.6 Å². The predicted molar refractivity (Wildman–Crippen MR) is 115 cm³/mol. The molecule has 160 valence electrons. The third kappa shape index (κ3) is 7.24. The summed E-state index contributed by atoms with van der Waals surface area (Å²) in [4.78, 5) is 38.1. The maximum absolute atomic E-state index is 12.8. The molecule has 1 saturated carbocycles. The van der Waals surface area contributed by atoms with Gasteiger partial charge in [0.1, 0.15) is 0 Å². The number of nitrogens with one attached hydrogen (secondary N) is 3. The maximum Gasteiger partial charge on any atom is 0.319 e. The lowest BCUT2D eigenvalue weighted by molar-refractivity contribution is -0.121. The van der Waals surface area contributed by atoms with Crippen LogP contribution in [0.5, 0.6) is 0 Å². The molecular weight excluding hydrogens is 392 g/mol. The second-order valence-electron chi connectivity index (χ2n) is 7.76. The molecule has 1 aliphatic carbocycles. The van der Waals surface area contributed by atoms with Gasteiger partial charge in [0.05, 0.1) is 10.6 Å². The first-order valence-corrected chi connectivity index (χ1v) is 10.6. The lowest BCUT2D eigenvalue weighted by Gasteiger charge is -2.31. The summed E-state index contributed by atoms with van der Waals surface area (Å²) in [5, 5.41) is 8.35. The number of rotatable bonds is 7. The van der Waals surface area contributed by atoms with Crippen molar-refractivity contribution in [1.82, 2.24) is 15.5 Å². The zero-order chi connectivity index (χ0) is 21.4. The number of carbonyl (C=O) groups is 3. The smallest absolute Gasteiger partial charge is 0.319 e. The minimum Gasteiger partial charge on any atom is -0.354 e. The van der Waals surface area contributed by atoms with E-state index < -0.39 is 6.03 Å². The van der Waals surface area contributed by atoms with Crippen LogP contribution in [0, 0.1) is 0 Å². The molecule has 0 aliphatic heterocycles. The lowest BCUT2D eigenvalue weighted by atomic mass is 9.94. The molecule has 0 atom stereocenters. The van der Waals surface area contributed by atoms with Gasteiger partial charge in [-0.15, -0.1) is 0 Å². The Bertz CT molecular complexity index is 733. The Morgan fingerprint density at radius 2 is 1.86 bits per heavy atom. The lowest BCUT2D eigenvalue weighted by Crippen LogP contribution is -2.38. The van der Waals surface area contributed by atoms with E-state index in [1.807, 2.05) is 20.9 Å². The molecule has 29 heavy (non-hydrogen) atoms. The van der Waals surface area contributed by atoms with E-state index in [-0.39, 0.29) is 36.9 Å². The van der Waals surface area contributed by atoms with Crippen molar-refractivity contribution >= 4 is 35.1 Å². The molecule has 0 radical (unpaired) electrons. The number of amides is 4. The Morgan fingerprint density at radius 1 is 1.17 bits per heavy atom. The topological polar surface area (TPSA) is 90.5 Å². The monoisotopic (exact) mass is 422 g/mol. The first kappa shape index (κ1) is 23.0. The van der Waals surface area contributed by atoms with E-state index >= 15 is 0 Å². The van der Waals surface area contributed by atoms with Crippen molar-refractivity contribution in [3.63, 3.8) is 0 Å². The normalized spacial score (nSPS) is 14.4. The average Bonchev–Trinajstić information content (AvgIpc) is 2.67. The van der Waals surface area contributed by atoms with Crippen molar-refractivity contribution in [1.29, 1.82) is 0 Å². The number of carbonyl (C=O) groups excluding carboxylic acids is 3. The minimum absolute atomic E-state index is 0.0665. The molecule has 1 aromatic carbocycles. The molecule has 1 aromatic rings. The standard InChI is InChI=1S/C21H31ClN4O3/c1-14(2)24-19(27)11-12-23-21(29)25-15-9-10-17(18(22)13-15)20(28)26(3)16-7-5-4-6-8-16/h9-10,13-14,16H,4-8,11-12H2,1-3H3,(H,24,27)(H2,23,25,29). The van der Waals surface area contributed by atoms with Crippen LogP contribution in [0.25, 0.3) is 0 Å². The first-order chi connectivity index (χ1) is 13.8. The largest absolute Gasteiger partial charge is 0.354 e. The molecule has 1 fully saturated rings. The van der Waals surface area contributed by atoms with Crippen molar-refractivity contribution in [2.24, 2.45) is 0 Å². The van der Waals surface area contributed by atoms with Crippen LogP contribution in [0.1, 0.15) is 62.7 Å². The van der Waals surface area contributed by atoms with Crippen molar-refractivity contribution < 1.29 is 14.4 Å². The van der Waals surface area contributed by atoms with Gasteiger partial charge in [-0.05, 0) is 44.9 Å². The summed E-state index contributed by atoms with van der Waals surface area (Å²) in [6.45, 7) is 3.98. The van der Waals surface area contributed by atoms with Gasteiger partial charge in [-0.25, -0.2) is 4.79 Å². The third-order valence-corrected chi connectivity index (χ3v) is 5.30. The van der Waals surface area contributed by atoms with E-state index in [0.29, 0.717) is 16.3 Å². The molecule has 0 aromatic heterocycles. The number of urea groups is 1. The Labute approximate surface area is 177 Å². The number of benzene rings is 1. The van der Waals surface area contributed by atoms with Gasteiger partial charge in [0.25, 0.3) is 5.91 Å². The maximum atomic E-state index is 12.8. The van der Waals surface area contributed by atoms with Crippen LogP contribution in [0.4, 0.5) is 10.5 Å². The van der Waals surface area contributed by atoms with Gasteiger partial charge in [0.15, 0.2) is 0 Å². The molecule has 7 nitrogen and oxygen atoms in total. The number of nitrogens with zero attached hydrogens (tertiary/aromatic N) is 1. The van der Waals surface area contributed by atoms with Gasteiger partial charge in [0.2, 0.25) is 5.91 Å². The van der Waals surface area contributed by atoms with E-state index in [9.17, 15) is 14.4 Å². The zero-order valence-corrected chi connectivity index (χ0v) is 18.1. The van der Waals surface area contributed by atoms with Crippen molar-refractivity contribution in [3.05, 3.63) is 28.8 Å². The summed E-state index contributed by atoms with van der Waals surface area (Å²) in [6, 6.07) is 4.74. The predicted octanol–water partition coefficient (Wildman–Crippen LogP) is 3.78. The van der Waals surface area contributed by atoms with Crippen LogP contribution in [0.2, 0.25) is 5.02 Å². The van der Waals surface area contributed by atoms with E-state index in [2.05, 4.69) is 16.0 Å². The third-order valence-electron chi connectivity index (χ3n) is 4.99. The van der Waals surface area contributed by atoms with Crippen LogP contribution < -0.4 is 16.0 Å². The first-order valence-electron chi connectivity index (χ1n) is 10.2. The molecule has 4 amide bonds. The molecule has 3 N–H and O–H groups in total. The summed E-state index contributed by atoms with van der Waals surface area (Å²) in [7, 11) is 1.82. The summed E-state index contributed by atoms with van der Waals surface area (Å²) in [5.74, 6) is -0.220. The highest BCUT2D eigenvalue weighted by Crippen LogP contribution is 2.26. The molecule has 1 aliphatic rings. The number of halogens is 1. The van der Waals surface area contributed by atoms with Crippen LogP contribution in [-0.2, 0) is 4.79 Å². The van der Waals surface area contributed by atoms with Crippen LogP contribution in [0.3, 0.4) is 0 Å². The van der Waals surface area contributed by atoms with Gasteiger partial charge in [-0.2, -0.15) is 0 Å². The van der Waals surface area contributed by atoms with Crippen LogP contribution in [0.15, 0.2) is 18.2 Å². The summed E-state index contributed by atoms with van der Waals surface area (Å²) in [6.07, 6.45) is 5.77. The summed E-state index contributed by atoms with van der Waals surface area (Å²) in [5.41, 5.74) is 0.909. The highest BCUT2D eigenvalue weighted by Gasteiger charge is 2.24. The van der Waals surface area contributed by atoms with Gasteiger partial charge in [-0.3, -0.25) is 9.59 Å². The molecule has 8 heteroatoms. The zero-order valence-electron chi connectivity index (χ0n) is 17.4. The Morgan fingerprint density at radius 3 is 2.48 bits per heavy atom. The highest BCUT2D eigenvalue weighted by atomic mass is 35.5. The molecule has 0 spiro atoms. The fourth-order valence-electron chi connectivity index (χ4n) is 3.45. The van der Waals surface area contributed by atoms with Crippen molar-refractivity contribution in [2.45, 2.75) is 64.5 Å². The Hall–Kier alpha value is -2.28. The highest BCUT2D eigenvalue weighted by molar-refractivity contribution is 6.34. The number of anilines is 1. The van der Waals surface area contributed by atoms with Gasteiger partial charge in [-0.1, -0.05) is 30.9 Å².